The molecular weight excluding hydrogens is 1030 g/mol. The standard InChI is InChI=1S/C78H149NO5/c1-3-5-7-9-11-13-15-17-18-19-20-21-22-28-31-34-37-40-43-47-50-54-58-62-66-70-76(81)75(74-80)79-77(82)71-67-63-59-55-51-48-44-41-38-35-32-29-26-24-23-25-27-30-33-36-39-42-45-49-53-57-61-65-69-73-84-78(83)72-68-64-60-56-52-46-16-14-12-10-8-6-4-2/h14,16,23,25,66,70,75-76,80-81H,3-13,15,17-22,24,26-65,67-69,71-74H2,1-2H3,(H,79,82)/b16-14-,25-23-,70-66+. The van der Waals surface area contributed by atoms with Crippen LogP contribution in [0.2, 0.25) is 0 Å². The van der Waals surface area contributed by atoms with Gasteiger partial charge in [-0.2, -0.15) is 0 Å². The largest absolute Gasteiger partial charge is 0.466 e. The van der Waals surface area contributed by atoms with Gasteiger partial charge in [-0.15, -0.1) is 0 Å². The van der Waals surface area contributed by atoms with Crippen molar-refractivity contribution in [3.8, 4) is 0 Å². The van der Waals surface area contributed by atoms with E-state index in [1.807, 2.05) is 6.08 Å². The first-order valence-corrected chi connectivity index (χ1v) is 38.3. The summed E-state index contributed by atoms with van der Waals surface area (Å²) in [5, 5.41) is 23.3. The predicted octanol–water partition coefficient (Wildman–Crippen LogP) is 25.0. The lowest BCUT2D eigenvalue weighted by molar-refractivity contribution is -0.143. The summed E-state index contributed by atoms with van der Waals surface area (Å²) in [7, 11) is 0. The van der Waals surface area contributed by atoms with Crippen LogP contribution in [0.15, 0.2) is 36.5 Å². The molecule has 0 bridgehead atoms. The molecule has 6 heteroatoms. The molecule has 6 nitrogen and oxygen atoms in total. The summed E-state index contributed by atoms with van der Waals surface area (Å²) in [5.74, 6) is -0.0550. The van der Waals surface area contributed by atoms with Gasteiger partial charge >= 0.3 is 5.97 Å². The van der Waals surface area contributed by atoms with Gasteiger partial charge in [0.15, 0.2) is 0 Å². The molecule has 0 aromatic carbocycles. The third-order valence-electron chi connectivity index (χ3n) is 17.9. The Hall–Kier alpha value is -1.92. The van der Waals surface area contributed by atoms with Crippen molar-refractivity contribution >= 4 is 11.9 Å². The third-order valence-corrected chi connectivity index (χ3v) is 17.9. The maximum absolute atomic E-state index is 12.6. The van der Waals surface area contributed by atoms with Crippen LogP contribution in [-0.2, 0) is 14.3 Å². The van der Waals surface area contributed by atoms with E-state index in [1.165, 1.54) is 353 Å². The molecule has 0 aliphatic heterocycles. The first-order valence-electron chi connectivity index (χ1n) is 38.3. The van der Waals surface area contributed by atoms with Crippen LogP contribution in [0.4, 0.5) is 0 Å². The second-order valence-corrected chi connectivity index (χ2v) is 26.3. The van der Waals surface area contributed by atoms with Crippen LogP contribution in [0.1, 0.15) is 425 Å². The number of nitrogens with one attached hydrogen (secondary N) is 1. The predicted molar refractivity (Wildman–Crippen MR) is 370 cm³/mol. The molecule has 0 aromatic heterocycles. The van der Waals surface area contributed by atoms with Gasteiger partial charge in [-0.25, -0.2) is 0 Å². The molecule has 2 atom stereocenters. The number of ether oxygens (including phenoxy) is 1. The highest BCUT2D eigenvalue weighted by atomic mass is 16.5. The highest BCUT2D eigenvalue weighted by Gasteiger charge is 2.18. The molecule has 0 saturated carbocycles. The third kappa shape index (κ3) is 69.2. The number of aliphatic hydroxyl groups is 2. The number of unbranched alkanes of at least 4 members (excludes halogenated alkanes) is 57. The summed E-state index contributed by atoms with van der Waals surface area (Å²) in [4.78, 5) is 24.6. The number of carbonyl (C=O) groups is 2. The van der Waals surface area contributed by atoms with Gasteiger partial charge in [0.25, 0.3) is 0 Å². The minimum Gasteiger partial charge on any atom is -0.466 e. The zero-order valence-electron chi connectivity index (χ0n) is 56.9. The number of amides is 1. The smallest absolute Gasteiger partial charge is 0.305 e. The van der Waals surface area contributed by atoms with E-state index in [4.69, 9.17) is 4.74 Å². The second-order valence-electron chi connectivity index (χ2n) is 26.3. The maximum Gasteiger partial charge on any atom is 0.305 e. The number of aliphatic hydroxyl groups excluding tert-OH is 2. The second kappa shape index (κ2) is 73.5. The van der Waals surface area contributed by atoms with Gasteiger partial charge in [-0.1, -0.05) is 365 Å². The first kappa shape index (κ1) is 82.1. The van der Waals surface area contributed by atoms with E-state index in [-0.39, 0.29) is 18.5 Å². The van der Waals surface area contributed by atoms with E-state index in [0.717, 1.165) is 44.9 Å². The fourth-order valence-electron chi connectivity index (χ4n) is 12.0. The molecule has 0 radical (unpaired) electrons. The van der Waals surface area contributed by atoms with Crippen molar-refractivity contribution in [2.24, 2.45) is 0 Å². The minimum atomic E-state index is -0.846. The molecule has 0 aliphatic rings. The summed E-state index contributed by atoms with van der Waals surface area (Å²) in [6.07, 6.45) is 95.4. The Kier molecular flexibility index (Phi) is 71.9. The average Bonchev–Trinajstić information content (AvgIpc) is 3.51. The number of allylic oxidation sites excluding steroid dienone is 5. The number of esters is 1. The van der Waals surface area contributed by atoms with Crippen molar-refractivity contribution in [3.05, 3.63) is 36.5 Å². The molecule has 0 aliphatic carbocycles. The lowest BCUT2D eigenvalue weighted by atomic mass is 10.0. The molecule has 0 saturated heterocycles. The Labute approximate surface area is 525 Å². The molecule has 0 spiro atoms. The van der Waals surface area contributed by atoms with Crippen molar-refractivity contribution in [2.75, 3.05) is 13.2 Å². The number of hydrogen-bond acceptors (Lipinski definition) is 5. The van der Waals surface area contributed by atoms with Crippen LogP contribution in [0.3, 0.4) is 0 Å². The van der Waals surface area contributed by atoms with Crippen molar-refractivity contribution in [1.29, 1.82) is 0 Å². The van der Waals surface area contributed by atoms with Gasteiger partial charge in [0.1, 0.15) is 0 Å². The number of rotatable bonds is 72. The number of carbonyl (C=O) groups excluding carboxylic acids is 2. The average molecular weight is 1180 g/mol. The molecule has 0 aromatic rings. The summed E-state index contributed by atoms with van der Waals surface area (Å²) < 4.78 is 5.48. The lowest BCUT2D eigenvalue weighted by Gasteiger charge is -2.20. The summed E-state index contributed by atoms with van der Waals surface area (Å²) in [6.45, 7) is 4.93. The highest BCUT2D eigenvalue weighted by Crippen LogP contribution is 2.19. The van der Waals surface area contributed by atoms with Crippen LogP contribution in [0, 0.1) is 0 Å². The minimum absolute atomic E-state index is 0.00749. The SMILES string of the molecule is CCCCCC/C=C\CCCCCCCC(=O)OCCCCCCCCCCCCCC/C=C\CCCCCCCCCCCCCCCC(=O)NC(CO)C(O)/C=C/CCCCCCCCCCCCCCCCCCCCCCCCC. The Morgan fingerprint density at radius 1 is 0.321 bits per heavy atom. The monoisotopic (exact) mass is 1180 g/mol. The van der Waals surface area contributed by atoms with E-state index in [2.05, 4.69) is 43.5 Å². The first-order chi connectivity index (χ1) is 41.5. The zero-order chi connectivity index (χ0) is 60.6. The molecule has 2 unspecified atom stereocenters. The molecule has 3 N–H and O–H groups in total. The van der Waals surface area contributed by atoms with Gasteiger partial charge in [0.05, 0.1) is 25.4 Å². The molecule has 1 amide bonds. The Balaban J connectivity index is 3.40. The van der Waals surface area contributed by atoms with E-state index in [9.17, 15) is 19.8 Å². The number of hydrogen-bond donors (Lipinski definition) is 3. The van der Waals surface area contributed by atoms with Gasteiger partial charge < -0.3 is 20.3 Å². The lowest BCUT2D eigenvalue weighted by Crippen LogP contribution is -2.45. The summed E-state index contributed by atoms with van der Waals surface area (Å²) in [6, 6.07) is -0.629. The fourth-order valence-corrected chi connectivity index (χ4v) is 12.0. The van der Waals surface area contributed by atoms with E-state index >= 15 is 0 Å². The Morgan fingerprint density at radius 3 is 0.857 bits per heavy atom. The zero-order valence-corrected chi connectivity index (χ0v) is 56.9. The quantitative estimate of drug-likeness (QED) is 0.0320. The van der Waals surface area contributed by atoms with Crippen molar-refractivity contribution < 1.29 is 24.5 Å². The topological polar surface area (TPSA) is 95.9 Å². The van der Waals surface area contributed by atoms with Crippen LogP contribution in [0.5, 0.6) is 0 Å². The van der Waals surface area contributed by atoms with Crippen molar-refractivity contribution in [2.45, 2.75) is 437 Å². The van der Waals surface area contributed by atoms with E-state index in [1.54, 1.807) is 6.08 Å². The van der Waals surface area contributed by atoms with Gasteiger partial charge in [-0.3, -0.25) is 9.59 Å². The van der Waals surface area contributed by atoms with Gasteiger partial charge in [-0.05, 0) is 83.5 Å². The normalized spacial score (nSPS) is 12.7. The molecule has 0 heterocycles. The maximum atomic E-state index is 12.6. The van der Waals surface area contributed by atoms with Crippen molar-refractivity contribution in [3.63, 3.8) is 0 Å². The molecule has 0 rings (SSSR count). The van der Waals surface area contributed by atoms with Crippen LogP contribution in [0.25, 0.3) is 0 Å². The van der Waals surface area contributed by atoms with Gasteiger partial charge in [0.2, 0.25) is 5.91 Å². The van der Waals surface area contributed by atoms with Crippen LogP contribution >= 0.6 is 0 Å². The van der Waals surface area contributed by atoms with Crippen LogP contribution < -0.4 is 5.32 Å². The fraction of sp³-hybridized carbons (Fsp3) is 0.897. The molecule has 496 valence electrons. The molecule has 0 fully saturated rings. The Bertz CT molecular complexity index is 1360. The van der Waals surface area contributed by atoms with Gasteiger partial charge in [0, 0.05) is 12.8 Å². The Morgan fingerprint density at radius 2 is 0.560 bits per heavy atom. The molecular formula is C78H149NO5. The summed E-state index contributed by atoms with van der Waals surface area (Å²) >= 11 is 0. The van der Waals surface area contributed by atoms with Crippen LogP contribution in [-0.4, -0.2) is 47.4 Å². The van der Waals surface area contributed by atoms with E-state index < -0.39 is 12.1 Å². The summed E-state index contributed by atoms with van der Waals surface area (Å²) in [5.41, 5.74) is 0. The molecule has 84 heavy (non-hydrogen) atoms. The van der Waals surface area contributed by atoms with E-state index in [0.29, 0.717) is 19.4 Å². The highest BCUT2D eigenvalue weighted by molar-refractivity contribution is 5.76. The van der Waals surface area contributed by atoms with Crippen molar-refractivity contribution in [1.82, 2.24) is 5.32 Å².